The molecule has 2 rings (SSSR count). The van der Waals surface area contributed by atoms with Gasteiger partial charge in [0.15, 0.2) is 0 Å². The van der Waals surface area contributed by atoms with E-state index in [-0.39, 0.29) is 0 Å². The molecule has 1 aromatic carbocycles. The van der Waals surface area contributed by atoms with Crippen molar-refractivity contribution >= 4 is 0 Å². The summed E-state index contributed by atoms with van der Waals surface area (Å²) in [6, 6.07) is 9.78. The summed E-state index contributed by atoms with van der Waals surface area (Å²) in [5.74, 6) is 6.94. The van der Waals surface area contributed by atoms with Gasteiger partial charge in [-0.25, -0.2) is 0 Å². The Hall–Kier alpha value is -1.26. The molecule has 14 heavy (non-hydrogen) atoms. The van der Waals surface area contributed by atoms with Gasteiger partial charge in [0, 0.05) is 5.56 Å². The Morgan fingerprint density at radius 1 is 1.36 bits per heavy atom. The maximum atomic E-state index is 9.65. The predicted octanol–water partition coefficient (Wildman–Crippen LogP) is 2.05. The summed E-state index contributed by atoms with van der Waals surface area (Å²) < 4.78 is 0. The zero-order valence-corrected chi connectivity index (χ0v) is 8.27. The minimum Gasteiger partial charge on any atom is -0.380 e. The SMILES string of the molecule is CC1CC1C(O)C#Cc1ccccc1. The van der Waals surface area contributed by atoms with E-state index in [1.165, 1.54) is 0 Å². The normalized spacial score (nSPS) is 26.1. The van der Waals surface area contributed by atoms with Crippen molar-refractivity contribution in [3.05, 3.63) is 35.9 Å². The lowest BCUT2D eigenvalue weighted by molar-refractivity contribution is 0.203. The van der Waals surface area contributed by atoms with E-state index in [1.807, 2.05) is 30.3 Å². The summed E-state index contributed by atoms with van der Waals surface area (Å²) in [5.41, 5.74) is 0.972. The number of aliphatic hydroxyl groups is 1. The van der Waals surface area contributed by atoms with Crippen LogP contribution in [0.15, 0.2) is 30.3 Å². The van der Waals surface area contributed by atoms with Crippen LogP contribution in [0.1, 0.15) is 18.9 Å². The van der Waals surface area contributed by atoms with Crippen LogP contribution in [0.5, 0.6) is 0 Å². The van der Waals surface area contributed by atoms with Crippen LogP contribution in [-0.2, 0) is 0 Å². The molecule has 0 amide bonds. The Kier molecular flexibility index (Phi) is 2.56. The first-order valence-electron chi connectivity index (χ1n) is 5.02. The van der Waals surface area contributed by atoms with Gasteiger partial charge in [-0.15, -0.1) is 0 Å². The fraction of sp³-hybridized carbons (Fsp3) is 0.385. The van der Waals surface area contributed by atoms with Gasteiger partial charge in [-0.05, 0) is 30.4 Å². The molecule has 1 heteroatoms. The zero-order chi connectivity index (χ0) is 9.97. The summed E-state index contributed by atoms with van der Waals surface area (Å²) in [4.78, 5) is 0. The average Bonchev–Trinajstić information content (AvgIpc) is 2.94. The smallest absolute Gasteiger partial charge is 0.118 e. The standard InChI is InChI=1S/C13H14O/c1-10-9-12(10)13(14)8-7-11-5-3-2-4-6-11/h2-6,10,12-14H,9H2,1H3. The average molecular weight is 186 g/mol. The molecule has 1 aliphatic rings. The van der Waals surface area contributed by atoms with E-state index in [0.717, 1.165) is 12.0 Å². The molecule has 1 fully saturated rings. The zero-order valence-electron chi connectivity index (χ0n) is 8.27. The van der Waals surface area contributed by atoms with Crippen LogP contribution in [0, 0.1) is 23.7 Å². The second-order valence-electron chi connectivity index (χ2n) is 3.96. The monoisotopic (exact) mass is 186 g/mol. The van der Waals surface area contributed by atoms with Crippen molar-refractivity contribution in [3.8, 4) is 11.8 Å². The first-order valence-corrected chi connectivity index (χ1v) is 5.02. The molecule has 0 aliphatic heterocycles. The van der Waals surface area contributed by atoms with Crippen LogP contribution >= 0.6 is 0 Å². The number of benzene rings is 1. The van der Waals surface area contributed by atoms with Gasteiger partial charge >= 0.3 is 0 Å². The van der Waals surface area contributed by atoms with Gasteiger partial charge in [0.05, 0.1) is 0 Å². The first-order chi connectivity index (χ1) is 6.77. The molecule has 0 radical (unpaired) electrons. The molecule has 0 saturated heterocycles. The molecular weight excluding hydrogens is 172 g/mol. The molecule has 0 heterocycles. The second kappa shape index (κ2) is 3.86. The topological polar surface area (TPSA) is 20.2 Å². The number of hydrogen-bond donors (Lipinski definition) is 1. The molecule has 1 nitrogen and oxygen atoms in total. The summed E-state index contributed by atoms with van der Waals surface area (Å²) in [5, 5.41) is 9.65. The minimum absolute atomic E-state index is 0.409. The van der Waals surface area contributed by atoms with Crippen molar-refractivity contribution in [2.75, 3.05) is 0 Å². The Bertz CT molecular complexity index is 358. The van der Waals surface area contributed by atoms with Crippen molar-refractivity contribution in [3.63, 3.8) is 0 Å². The van der Waals surface area contributed by atoms with Crippen molar-refractivity contribution in [2.45, 2.75) is 19.4 Å². The molecule has 3 unspecified atom stereocenters. The Morgan fingerprint density at radius 2 is 2.00 bits per heavy atom. The van der Waals surface area contributed by atoms with E-state index in [4.69, 9.17) is 0 Å². The lowest BCUT2D eigenvalue weighted by atomic mass is 10.1. The van der Waals surface area contributed by atoms with Gasteiger partial charge < -0.3 is 5.11 Å². The van der Waals surface area contributed by atoms with E-state index < -0.39 is 6.10 Å². The number of rotatable bonds is 1. The lowest BCUT2D eigenvalue weighted by Gasteiger charge is -1.98. The quantitative estimate of drug-likeness (QED) is 0.665. The van der Waals surface area contributed by atoms with Crippen molar-refractivity contribution < 1.29 is 5.11 Å². The molecule has 72 valence electrons. The van der Waals surface area contributed by atoms with Crippen molar-refractivity contribution in [1.82, 2.24) is 0 Å². The van der Waals surface area contributed by atoms with Crippen LogP contribution in [0.4, 0.5) is 0 Å². The Labute approximate surface area is 84.8 Å². The summed E-state index contributed by atoms with van der Waals surface area (Å²) in [6.07, 6.45) is 0.676. The molecule has 1 N–H and O–H groups in total. The molecule has 0 spiro atoms. The Balaban J connectivity index is 2.00. The lowest BCUT2D eigenvalue weighted by Crippen LogP contribution is -2.06. The summed E-state index contributed by atoms with van der Waals surface area (Å²) in [7, 11) is 0. The fourth-order valence-electron chi connectivity index (χ4n) is 1.58. The van der Waals surface area contributed by atoms with Gasteiger partial charge in [0.25, 0.3) is 0 Å². The van der Waals surface area contributed by atoms with Gasteiger partial charge in [-0.1, -0.05) is 37.0 Å². The second-order valence-corrected chi connectivity index (χ2v) is 3.96. The predicted molar refractivity (Wildman–Crippen MR) is 56.6 cm³/mol. The highest BCUT2D eigenvalue weighted by Crippen LogP contribution is 2.40. The highest BCUT2D eigenvalue weighted by molar-refractivity contribution is 5.34. The fourth-order valence-corrected chi connectivity index (χ4v) is 1.58. The highest BCUT2D eigenvalue weighted by atomic mass is 16.3. The van der Waals surface area contributed by atoms with Crippen molar-refractivity contribution in [1.29, 1.82) is 0 Å². The first kappa shape index (κ1) is 9.30. The molecule has 1 aromatic rings. The molecule has 1 aliphatic carbocycles. The highest BCUT2D eigenvalue weighted by Gasteiger charge is 2.37. The number of aliphatic hydroxyl groups excluding tert-OH is 1. The largest absolute Gasteiger partial charge is 0.380 e. The van der Waals surface area contributed by atoms with Gasteiger partial charge in [0.2, 0.25) is 0 Å². The van der Waals surface area contributed by atoms with E-state index in [2.05, 4.69) is 18.8 Å². The van der Waals surface area contributed by atoms with Gasteiger partial charge in [-0.3, -0.25) is 0 Å². The van der Waals surface area contributed by atoms with E-state index >= 15 is 0 Å². The van der Waals surface area contributed by atoms with Crippen LogP contribution in [0.2, 0.25) is 0 Å². The van der Waals surface area contributed by atoms with E-state index in [9.17, 15) is 5.11 Å². The molecule has 1 saturated carbocycles. The van der Waals surface area contributed by atoms with Crippen molar-refractivity contribution in [2.24, 2.45) is 11.8 Å². The van der Waals surface area contributed by atoms with Crippen LogP contribution in [-0.4, -0.2) is 11.2 Å². The molecule has 3 atom stereocenters. The third kappa shape index (κ3) is 2.16. The molecular formula is C13H14O. The molecule has 0 bridgehead atoms. The number of hydrogen-bond acceptors (Lipinski definition) is 1. The maximum absolute atomic E-state index is 9.65. The minimum atomic E-state index is -0.440. The van der Waals surface area contributed by atoms with Crippen LogP contribution in [0.3, 0.4) is 0 Å². The van der Waals surface area contributed by atoms with E-state index in [0.29, 0.717) is 11.8 Å². The summed E-state index contributed by atoms with van der Waals surface area (Å²) >= 11 is 0. The van der Waals surface area contributed by atoms with E-state index in [1.54, 1.807) is 0 Å². The van der Waals surface area contributed by atoms with Crippen LogP contribution in [0.25, 0.3) is 0 Å². The maximum Gasteiger partial charge on any atom is 0.118 e. The van der Waals surface area contributed by atoms with Crippen LogP contribution < -0.4 is 0 Å². The van der Waals surface area contributed by atoms with Gasteiger partial charge in [0.1, 0.15) is 6.10 Å². The third-order valence-corrected chi connectivity index (χ3v) is 2.72. The molecule has 0 aromatic heterocycles. The third-order valence-electron chi connectivity index (χ3n) is 2.72. The Morgan fingerprint density at radius 3 is 2.57 bits per heavy atom. The summed E-state index contributed by atoms with van der Waals surface area (Å²) in [6.45, 7) is 2.15. The van der Waals surface area contributed by atoms with Gasteiger partial charge in [-0.2, -0.15) is 0 Å².